The molecule has 0 fully saturated rings. The van der Waals surface area contributed by atoms with Crippen LogP contribution in [0, 0.1) is 22.7 Å². The van der Waals surface area contributed by atoms with E-state index in [0.717, 1.165) is 11.3 Å². The van der Waals surface area contributed by atoms with Gasteiger partial charge < -0.3 is 4.74 Å². The minimum absolute atomic E-state index is 0.0221. The first-order valence-electron chi connectivity index (χ1n) is 7.69. The summed E-state index contributed by atoms with van der Waals surface area (Å²) >= 11 is 1.04. The zero-order chi connectivity index (χ0) is 19.1. The molecule has 0 saturated carbocycles. The Kier molecular flexibility index (Phi) is 6.26. The van der Waals surface area contributed by atoms with E-state index in [1.807, 2.05) is 12.1 Å². The van der Waals surface area contributed by atoms with Crippen molar-refractivity contribution in [2.24, 2.45) is 0 Å². The number of hydrogen-bond donors (Lipinski definition) is 0. The quantitative estimate of drug-likeness (QED) is 0.582. The molecule has 0 unspecified atom stereocenters. The summed E-state index contributed by atoms with van der Waals surface area (Å²) in [4.78, 5) is 24.7. The summed E-state index contributed by atoms with van der Waals surface area (Å²) in [5.41, 5.74) is 0.633. The summed E-state index contributed by atoms with van der Waals surface area (Å²) in [5, 5.41) is 18.3. The minimum atomic E-state index is -0.797. The molecule has 0 spiro atoms. The van der Waals surface area contributed by atoms with Crippen molar-refractivity contribution in [1.82, 2.24) is 4.57 Å². The van der Waals surface area contributed by atoms with Crippen molar-refractivity contribution < 1.29 is 9.53 Å². The number of carbonyl (C=O) groups is 1. The van der Waals surface area contributed by atoms with E-state index >= 15 is 0 Å². The van der Waals surface area contributed by atoms with Gasteiger partial charge in [-0.1, -0.05) is 24.8 Å². The van der Waals surface area contributed by atoms with Crippen LogP contribution in [0.5, 0.6) is 0 Å². The fourth-order valence-corrected chi connectivity index (χ4v) is 3.38. The second kappa shape index (κ2) is 8.61. The van der Waals surface area contributed by atoms with Gasteiger partial charge in [-0.05, 0) is 30.7 Å². The molecule has 0 aliphatic carbocycles. The molecule has 0 aliphatic heterocycles. The molecule has 2 rings (SSSR count). The van der Waals surface area contributed by atoms with Gasteiger partial charge in [-0.3, -0.25) is 9.36 Å². The van der Waals surface area contributed by atoms with Crippen LogP contribution in [0.3, 0.4) is 0 Å². The SMILES string of the molecule is C=CCOC(=O)/C(C#N)=c1\s/c(=C\c2cccc(C#N)c2)c(=O)n1CC. The van der Waals surface area contributed by atoms with Gasteiger partial charge in [-0.25, -0.2) is 4.79 Å². The fourth-order valence-electron chi connectivity index (χ4n) is 2.23. The molecule has 6 nitrogen and oxygen atoms in total. The lowest BCUT2D eigenvalue weighted by atomic mass is 10.1. The first-order valence-corrected chi connectivity index (χ1v) is 8.51. The van der Waals surface area contributed by atoms with E-state index in [-0.39, 0.29) is 22.4 Å². The number of benzene rings is 1. The minimum Gasteiger partial charge on any atom is -0.457 e. The lowest BCUT2D eigenvalue weighted by Gasteiger charge is -2.00. The predicted octanol–water partition coefficient (Wildman–Crippen LogP) is 1.03. The third kappa shape index (κ3) is 3.97. The number of hydrogen-bond acceptors (Lipinski definition) is 6. The van der Waals surface area contributed by atoms with E-state index in [1.54, 1.807) is 37.3 Å². The zero-order valence-corrected chi connectivity index (χ0v) is 14.9. The second-order valence-corrected chi connectivity index (χ2v) is 6.11. The van der Waals surface area contributed by atoms with E-state index in [1.165, 1.54) is 10.6 Å². The van der Waals surface area contributed by atoms with Gasteiger partial charge in [0.1, 0.15) is 17.3 Å². The molecule has 0 N–H and O–H groups in total. The Labute approximate surface area is 153 Å². The van der Waals surface area contributed by atoms with Gasteiger partial charge >= 0.3 is 5.97 Å². The van der Waals surface area contributed by atoms with Crippen LogP contribution in [-0.4, -0.2) is 17.1 Å². The number of rotatable bonds is 5. The monoisotopic (exact) mass is 365 g/mol. The van der Waals surface area contributed by atoms with Crippen molar-refractivity contribution in [2.45, 2.75) is 13.5 Å². The summed E-state index contributed by atoms with van der Waals surface area (Å²) < 4.78 is 6.89. The summed E-state index contributed by atoms with van der Waals surface area (Å²) in [6, 6.07) is 10.7. The van der Waals surface area contributed by atoms with Crippen LogP contribution >= 0.6 is 11.3 Å². The van der Waals surface area contributed by atoms with Crippen LogP contribution in [0.4, 0.5) is 0 Å². The highest BCUT2D eigenvalue weighted by molar-refractivity contribution is 7.07. The van der Waals surface area contributed by atoms with Crippen molar-refractivity contribution in [3.63, 3.8) is 0 Å². The molecule has 1 heterocycles. The first kappa shape index (κ1) is 18.9. The molecule has 1 aromatic heterocycles. The maximum atomic E-state index is 12.6. The smallest absolute Gasteiger partial charge is 0.352 e. The summed E-state index contributed by atoms with van der Waals surface area (Å²) in [5.74, 6) is -0.797. The van der Waals surface area contributed by atoms with E-state index < -0.39 is 5.97 Å². The van der Waals surface area contributed by atoms with E-state index in [0.29, 0.717) is 22.2 Å². The summed E-state index contributed by atoms with van der Waals surface area (Å²) in [6.45, 7) is 5.49. The Bertz CT molecular complexity index is 1110. The lowest BCUT2D eigenvalue weighted by Crippen LogP contribution is -2.32. The predicted molar refractivity (Wildman–Crippen MR) is 98.4 cm³/mol. The van der Waals surface area contributed by atoms with Crippen LogP contribution in [0.15, 0.2) is 41.7 Å². The van der Waals surface area contributed by atoms with Gasteiger partial charge in [0.05, 0.1) is 16.2 Å². The Morgan fingerprint density at radius 2 is 2.19 bits per heavy atom. The van der Waals surface area contributed by atoms with Crippen molar-refractivity contribution in [3.05, 3.63) is 67.6 Å². The highest BCUT2D eigenvalue weighted by atomic mass is 32.1. The van der Waals surface area contributed by atoms with E-state index in [9.17, 15) is 14.9 Å². The molecule has 2 aromatic rings. The number of ether oxygens (including phenoxy) is 1. The molecule has 130 valence electrons. The van der Waals surface area contributed by atoms with Crippen LogP contribution in [0.1, 0.15) is 18.1 Å². The number of esters is 1. The zero-order valence-electron chi connectivity index (χ0n) is 14.1. The maximum absolute atomic E-state index is 12.6. The molecule has 1 aromatic carbocycles. The number of nitrogens with zero attached hydrogens (tertiary/aromatic N) is 3. The third-order valence-corrected chi connectivity index (χ3v) is 4.53. The van der Waals surface area contributed by atoms with Gasteiger partial charge in [0.25, 0.3) is 5.56 Å². The van der Waals surface area contributed by atoms with Crippen LogP contribution < -0.4 is 14.8 Å². The molecular weight excluding hydrogens is 350 g/mol. The standard InChI is InChI=1S/C19H15N3O3S/c1-3-8-25-19(24)15(12-21)18-22(4-2)17(23)16(26-18)10-13-6-5-7-14(9-13)11-20/h3,5-7,9-10H,1,4,8H2,2H3/b16-10-,18-15-. The number of carbonyl (C=O) groups excluding carboxylic acids is 1. The summed E-state index contributed by atoms with van der Waals surface area (Å²) in [7, 11) is 0. The topological polar surface area (TPSA) is 95.9 Å². The molecule has 0 bridgehead atoms. The molecule has 0 radical (unpaired) electrons. The molecule has 26 heavy (non-hydrogen) atoms. The van der Waals surface area contributed by atoms with Gasteiger partial charge in [0.15, 0.2) is 5.57 Å². The Hall–Kier alpha value is -3.42. The van der Waals surface area contributed by atoms with Crippen molar-refractivity contribution in [1.29, 1.82) is 10.5 Å². The highest BCUT2D eigenvalue weighted by Crippen LogP contribution is 2.04. The van der Waals surface area contributed by atoms with Gasteiger partial charge in [-0.2, -0.15) is 10.5 Å². The normalized spacial score (nSPS) is 12.0. The fraction of sp³-hybridized carbons (Fsp3) is 0.158. The number of aromatic nitrogens is 1. The van der Waals surface area contributed by atoms with E-state index in [2.05, 4.69) is 6.58 Å². The average molecular weight is 365 g/mol. The largest absolute Gasteiger partial charge is 0.457 e. The first-order chi connectivity index (χ1) is 12.5. The Morgan fingerprint density at radius 1 is 1.42 bits per heavy atom. The molecule has 0 amide bonds. The lowest BCUT2D eigenvalue weighted by molar-refractivity contribution is -0.135. The van der Waals surface area contributed by atoms with Gasteiger partial charge in [-0.15, -0.1) is 11.3 Å². The number of nitriles is 2. The van der Waals surface area contributed by atoms with E-state index in [4.69, 9.17) is 10.00 Å². The second-order valence-electron chi connectivity index (χ2n) is 5.08. The molecular formula is C19H15N3O3S. The average Bonchev–Trinajstić information content (AvgIpc) is 2.96. The Balaban J connectivity index is 2.72. The Morgan fingerprint density at radius 3 is 2.81 bits per heavy atom. The summed E-state index contributed by atoms with van der Waals surface area (Å²) in [6.07, 6.45) is 3.03. The van der Waals surface area contributed by atoms with Crippen molar-refractivity contribution in [3.8, 4) is 12.1 Å². The molecule has 0 aliphatic rings. The van der Waals surface area contributed by atoms with Gasteiger partial charge in [0.2, 0.25) is 0 Å². The highest BCUT2D eigenvalue weighted by Gasteiger charge is 2.16. The van der Waals surface area contributed by atoms with Crippen LogP contribution in [-0.2, 0) is 16.1 Å². The maximum Gasteiger partial charge on any atom is 0.352 e. The molecule has 0 atom stereocenters. The van der Waals surface area contributed by atoms with Crippen molar-refractivity contribution >= 4 is 29.0 Å². The number of thiazole rings is 1. The van der Waals surface area contributed by atoms with Crippen LogP contribution in [0.25, 0.3) is 11.6 Å². The third-order valence-electron chi connectivity index (χ3n) is 3.40. The van der Waals surface area contributed by atoms with Gasteiger partial charge in [0, 0.05) is 6.54 Å². The van der Waals surface area contributed by atoms with Crippen molar-refractivity contribution in [2.75, 3.05) is 6.61 Å². The van der Waals surface area contributed by atoms with Crippen LogP contribution in [0.2, 0.25) is 0 Å². The molecule has 0 saturated heterocycles. The molecule has 7 heteroatoms.